The Balaban J connectivity index is 2.50. The summed E-state index contributed by atoms with van der Waals surface area (Å²) in [4.78, 5) is 11.5. The molecule has 1 fully saturated rings. The molecule has 1 aromatic rings. The predicted molar refractivity (Wildman–Crippen MR) is 85.3 cm³/mol. The molecule has 22 heavy (non-hydrogen) atoms. The highest BCUT2D eigenvalue weighted by Gasteiger charge is 2.44. The number of halogens is 3. The van der Waals surface area contributed by atoms with E-state index in [1.807, 2.05) is 0 Å². The number of nitro groups is 1. The van der Waals surface area contributed by atoms with Crippen LogP contribution in [0.4, 0.5) is 20.2 Å². The Morgan fingerprint density at radius 2 is 1.82 bits per heavy atom. The van der Waals surface area contributed by atoms with Crippen LogP contribution in [0, 0.1) is 10.1 Å². The summed E-state index contributed by atoms with van der Waals surface area (Å²) in [7, 11) is -4.95. The van der Waals surface area contributed by atoms with Crippen molar-refractivity contribution in [1.29, 1.82) is 0 Å². The van der Waals surface area contributed by atoms with E-state index in [0.717, 1.165) is 25.3 Å². The summed E-state index contributed by atoms with van der Waals surface area (Å²) in [5.74, 6) is 0. The monoisotopic (exact) mass is 446 g/mol. The van der Waals surface area contributed by atoms with Crippen LogP contribution in [-0.2, 0) is 9.84 Å². The van der Waals surface area contributed by atoms with E-state index in [9.17, 15) is 27.3 Å². The Labute approximate surface area is 139 Å². The van der Waals surface area contributed by atoms with E-state index in [4.69, 9.17) is 0 Å². The maximum atomic E-state index is 13.2. The highest BCUT2D eigenvalue weighted by molar-refractivity contribution is 14.1. The molecule has 1 saturated heterocycles. The molecule has 0 atom stereocenters. The van der Waals surface area contributed by atoms with Crippen molar-refractivity contribution < 1.29 is 22.1 Å². The number of nitro benzene ring substituents is 1. The van der Waals surface area contributed by atoms with Gasteiger partial charge in [-0.05, 0) is 31.4 Å². The molecule has 1 aliphatic rings. The number of alkyl halides is 3. The molecule has 1 aliphatic heterocycles. The van der Waals surface area contributed by atoms with Gasteiger partial charge in [-0.3, -0.25) is 10.1 Å². The molecule has 0 spiro atoms. The molecule has 2 rings (SSSR count). The van der Waals surface area contributed by atoms with Crippen molar-refractivity contribution in [2.75, 3.05) is 18.0 Å². The van der Waals surface area contributed by atoms with Crippen molar-refractivity contribution in [3.8, 4) is 0 Å². The van der Waals surface area contributed by atoms with Crippen LogP contribution in [-0.4, -0.2) is 29.7 Å². The summed E-state index contributed by atoms with van der Waals surface area (Å²) in [5, 5.41) is 11.2. The predicted octanol–water partition coefficient (Wildman–Crippen LogP) is 3.34. The lowest BCUT2D eigenvalue weighted by atomic mass is 10.1. The van der Waals surface area contributed by atoms with Gasteiger partial charge in [-0.25, -0.2) is 8.42 Å². The Kier molecular flexibility index (Phi) is 4.90. The van der Waals surface area contributed by atoms with Gasteiger partial charge in [-0.15, -0.1) is 0 Å². The molecular formula is C12H13F2IN2O4S. The van der Waals surface area contributed by atoms with Crippen LogP contribution < -0.4 is 4.90 Å². The van der Waals surface area contributed by atoms with Gasteiger partial charge in [-0.2, -0.15) is 8.78 Å². The molecule has 10 heteroatoms. The minimum Gasteiger partial charge on any atom is -0.366 e. The Morgan fingerprint density at radius 3 is 2.32 bits per heavy atom. The first-order valence-corrected chi connectivity index (χ1v) is 9.05. The fourth-order valence-electron chi connectivity index (χ4n) is 2.35. The van der Waals surface area contributed by atoms with Crippen LogP contribution in [0.5, 0.6) is 0 Å². The van der Waals surface area contributed by atoms with Crippen molar-refractivity contribution in [3.05, 3.63) is 28.3 Å². The lowest BCUT2D eigenvalue weighted by molar-refractivity contribution is -0.384. The van der Waals surface area contributed by atoms with Gasteiger partial charge in [0.25, 0.3) is 15.5 Å². The highest BCUT2D eigenvalue weighted by atomic mass is 127. The van der Waals surface area contributed by atoms with Crippen LogP contribution in [0.25, 0.3) is 0 Å². The smallest absolute Gasteiger partial charge is 0.366 e. The molecule has 1 aromatic carbocycles. The number of anilines is 1. The fraction of sp³-hybridized carbons (Fsp3) is 0.500. The lowest BCUT2D eigenvalue weighted by Gasteiger charge is -2.28. The molecule has 0 aromatic heterocycles. The second-order valence-corrected chi connectivity index (χ2v) is 8.98. The summed E-state index contributed by atoms with van der Waals surface area (Å²) < 4.78 is 45.8. The van der Waals surface area contributed by atoms with Crippen LogP contribution in [0.1, 0.15) is 19.3 Å². The summed E-state index contributed by atoms with van der Waals surface area (Å²) >= 11 is 0.502. The lowest BCUT2D eigenvalue weighted by Crippen LogP contribution is -2.30. The highest BCUT2D eigenvalue weighted by Crippen LogP contribution is 2.39. The second-order valence-electron chi connectivity index (χ2n) is 4.90. The minimum absolute atomic E-state index is 0.264. The minimum atomic E-state index is -4.95. The molecule has 1 heterocycles. The maximum Gasteiger partial charge on any atom is 0.398 e. The van der Waals surface area contributed by atoms with E-state index in [2.05, 4.69) is 0 Å². The second kappa shape index (κ2) is 6.22. The average molecular weight is 446 g/mol. The average Bonchev–Trinajstić information content (AvgIpc) is 2.46. The first kappa shape index (κ1) is 17.3. The van der Waals surface area contributed by atoms with Crippen LogP contribution in [0.15, 0.2) is 23.1 Å². The zero-order valence-corrected chi connectivity index (χ0v) is 14.3. The zero-order chi connectivity index (χ0) is 16.5. The van der Waals surface area contributed by atoms with Crippen LogP contribution in [0.3, 0.4) is 0 Å². The van der Waals surface area contributed by atoms with Gasteiger partial charge >= 0.3 is 3.26 Å². The van der Waals surface area contributed by atoms with Gasteiger partial charge in [0.05, 0.1) is 9.82 Å². The number of sulfone groups is 1. The van der Waals surface area contributed by atoms with Crippen molar-refractivity contribution in [2.24, 2.45) is 0 Å². The number of hydrogen-bond donors (Lipinski definition) is 0. The molecular weight excluding hydrogens is 433 g/mol. The van der Waals surface area contributed by atoms with Crippen molar-refractivity contribution in [3.63, 3.8) is 0 Å². The summed E-state index contributed by atoms with van der Waals surface area (Å²) in [6.07, 6.45) is 2.78. The van der Waals surface area contributed by atoms with Crippen LogP contribution in [0.2, 0.25) is 0 Å². The molecule has 6 nitrogen and oxygen atoms in total. The van der Waals surface area contributed by atoms with Crippen LogP contribution >= 0.6 is 22.6 Å². The number of rotatable bonds is 4. The van der Waals surface area contributed by atoms with Gasteiger partial charge in [0, 0.05) is 41.7 Å². The van der Waals surface area contributed by atoms with E-state index in [1.165, 1.54) is 6.07 Å². The van der Waals surface area contributed by atoms with E-state index >= 15 is 0 Å². The number of nitrogens with zero attached hydrogens (tertiary/aromatic N) is 2. The van der Waals surface area contributed by atoms with Crippen molar-refractivity contribution in [2.45, 2.75) is 27.4 Å². The molecule has 0 radical (unpaired) electrons. The van der Waals surface area contributed by atoms with Gasteiger partial charge < -0.3 is 4.90 Å². The standard InChI is InChI=1S/C12H13F2IN2O4S/c13-12(14,15)22(20,21)9-4-5-10(11(8-9)17(18)19)16-6-2-1-3-7-16/h4-5,8H,1-3,6-7H2. The van der Waals surface area contributed by atoms with Gasteiger partial charge in [0.1, 0.15) is 5.69 Å². The zero-order valence-electron chi connectivity index (χ0n) is 11.3. The SMILES string of the molecule is O=[N+]([O-])c1cc(S(=O)(=O)C(F)(F)I)ccc1N1CCCCC1. The number of benzene rings is 1. The first-order chi connectivity index (χ1) is 10.1. The summed E-state index contributed by atoms with van der Waals surface area (Å²) in [5.41, 5.74) is -0.205. The van der Waals surface area contributed by atoms with E-state index in [0.29, 0.717) is 41.7 Å². The molecule has 122 valence electrons. The molecule has 0 unspecified atom stereocenters. The summed E-state index contributed by atoms with van der Waals surface area (Å²) in [6, 6.07) is 2.95. The quantitative estimate of drug-likeness (QED) is 0.307. The van der Waals surface area contributed by atoms with Gasteiger partial charge in [-0.1, -0.05) is 0 Å². The van der Waals surface area contributed by atoms with E-state index < -0.39 is 28.6 Å². The Bertz CT molecular complexity index is 685. The molecule has 0 aliphatic carbocycles. The van der Waals surface area contributed by atoms with Gasteiger partial charge in [0.15, 0.2) is 0 Å². The van der Waals surface area contributed by atoms with E-state index in [-0.39, 0.29) is 5.69 Å². The number of piperidine rings is 1. The third kappa shape index (κ3) is 3.31. The largest absolute Gasteiger partial charge is 0.398 e. The van der Waals surface area contributed by atoms with E-state index in [1.54, 1.807) is 4.90 Å². The first-order valence-electron chi connectivity index (χ1n) is 6.49. The fourth-order valence-corrected chi connectivity index (χ4v) is 3.90. The molecule has 0 bridgehead atoms. The topological polar surface area (TPSA) is 80.5 Å². The molecule has 0 amide bonds. The maximum absolute atomic E-state index is 13.2. The Hall–Kier alpha value is -1.04. The molecule has 0 N–H and O–H groups in total. The van der Waals surface area contributed by atoms with Crippen molar-refractivity contribution in [1.82, 2.24) is 0 Å². The van der Waals surface area contributed by atoms with Gasteiger partial charge in [0.2, 0.25) is 0 Å². The normalized spacial score (nSPS) is 16.6. The Morgan fingerprint density at radius 1 is 1.23 bits per heavy atom. The summed E-state index contributed by atoms with van der Waals surface area (Å²) in [6.45, 7) is 1.24. The number of hydrogen-bond acceptors (Lipinski definition) is 5. The molecule has 0 saturated carbocycles. The third-order valence-corrected chi connectivity index (χ3v) is 6.68. The third-order valence-electron chi connectivity index (χ3n) is 3.46. The van der Waals surface area contributed by atoms with Crippen molar-refractivity contribution >= 4 is 43.8 Å².